The van der Waals surface area contributed by atoms with Gasteiger partial charge in [0.2, 0.25) is 0 Å². The molecule has 0 aliphatic carbocycles. The van der Waals surface area contributed by atoms with Gasteiger partial charge in [0, 0.05) is 37.2 Å². The molecular weight excluding hydrogens is 737 g/mol. The minimum absolute atomic E-state index is 0.296. The Balaban J connectivity index is 1.87. The molecule has 3 aromatic heterocycles. The summed E-state index contributed by atoms with van der Waals surface area (Å²) >= 11 is 11.5. The molecule has 0 spiro atoms. The third kappa shape index (κ3) is 7.87. The maximum absolute atomic E-state index is 13.7. The first kappa shape index (κ1) is 42.3. The van der Waals surface area contributed by atoms with Crippen LogP contribution in [-0.2, 0) is 16.1 Å². The molecular formula is C42H62O3S4Si2. The van der Waals surface area contributed by atoms with E-state index in [1.807, 2.05) is 29.6 Å². The first-order valence-corrected chi connectivity index (χ1v) is 26.6. The Morgan fingerprint density at radius 2 is 1.33 bits per heavy atom. The molecule has 0 fully saturated rings. The van der Waals surface area contributed by atoms with Gasteiger partial charge in [-0.05, 0) is 65.3 Å². The summed E-state index contributed by atoms with van der Waals surface area (Å²) in [5, 5.41) is 2.14. The number of allylic oxidation sites excluding steroid dienone is 2. The Labute approximate surface area is 328 Å². The van der Waals surface area contributed by atoms with Crippen molar-refractivity contribution in [1.29, 1.82) is 0 Å². The van der Waals surface area contributed by atoms with Crippen molar-refractivity contribution in [1.82, 2.24) is 0 Å². The van der Waals surface area contributed by atoms with Gasteiger partial charge >= 0.3 is 5.97 Å². The van der Waals surface area contributed by atoms with Gasteiger partial charge in [-0.25, -0.2) is 4.79 Å². The molecule has 3 heterocycles. The maximum Gasteiger partial charge on any atom is 0.340 e. The number of thiophene rings is 3. The highest BCUT2D eigenvalue weighted by Crippen LogP contribution is 2.48. The fraction of sp³-hybridized carbons (Fsp3) is 0.571. The number of carbonyl (C=O) groups excluding carboxylic acids is 1. The highest BCUT2D eigenvalue weighted by atomic mass is 32.1. The van der Waals surface area contributed by atoms with Crippen LogP contribution < -0.4 is 4.50 Å². The van der Waals surface area contributed by atoms with Gasteiger partial charge in [0.05, 0.1) is 41.5 Å². The monoisotopic (exact) mass is 798 g/mol. The zero-order valence-corrected chi connectivity index (χ0v) is 38.9. The first-order valence-electron chi connectivity index (χ1n) is 19.1. The SMILES string of the molecule is CCOCc1c(-c2ccc([Si](C(C)C)(C(C)C)C(C)C)s2)sc2cc3c(C(=O)OCC)c(C(=S)/C=C\C[Si](C(C)C)(C(C)C)C(C)C)sc3cc12. The van der Waals surface area contributed by atoms with E-state index in [-0.39, 0.29) is 5.97 Å². The Kier molecular flexibility index (Phi) is 14.4. The average Bonchev–Trinajstić information content (AvgIpc) is 3.75. The number of esters is 1. The van der Waals surface area contributed by atoms with E-state index in [9.17, 15) is 4.79 Å². The molecule has 0 aliphatic rings. The van der Waals surface area contributed by atoms with Crippen LogP contribution >= 0.6 is 46.2 Å². The third-order valence-electron chi connectivity index (χ3n) is 11.8. The molecule has 0 atom stereocenters. The Morgan fingerprint density at radius 1 is 0.765 bits per heavy atom. The molecule has 3 nitrogen and oxygen atoms in total. The zero-order chi connectivity index (χ0) is 38.0. The van der Waals surface area contributed by atoms with Crippen molar-refractivity contribution in [2.24, 2.45) is 0 Å². The molecule has 51 heavy (non-hydrogen) atoms. The molecule has 0 unspecified atom stereocenters. The van der Waals surface area contributed by atoms with Crippen molar-refractivity contribution in [2.45, 2.75) is 143 Å². The number of hydrogen-bond acceptors (Lipinski definition) is 7. The van der Waals surface area contributed by atoms with Gasteiger partial charge in [-0.2, -0.15) is 0 Å². The van der Waals surface area contributed by atoms with Crippen molar-refractivity contribution < 1.29 is 14.3 Å². The smallest absolute Gasteiger partial charge is 0.340 e. The summed E-state index contributed by atoms with van der Waals surface area (Å²) < 4.78 is 15.6. The van der Waals surface area contributed by atoms with Gasteiger partial charge < -0.3 is 9.47 Å². The van der Waals surface area contributed by atoms with Crippen molar-refractivity contribution in [3.63, 3.8) is 0 Å². The molecule has 280 valence electrons. The predicted octanol–water partition coefficient (Wildman–Crippen LogP) is 14.4. The first-order chi connectivity index (χ1) is 24.0. The number of fused-ring (bicyclic) bond motifs is 2. The van der Waals surface area contributed by atoms with Crippen LogP contribution in [0.15, 0.2) is 36.4 Å². The van der Waals surface area contributed by atoms with E-state index in [0.717, 1.165) is 25.9 Å². The molecule has 0 amide bonds. The molecule has 0 N–H and O–H groups in total. The van der Waals surface area contributed by atoms with Crippen molar-refractivity contribution in [3.8, 4) is 9.75 Å². The maximum atomic E-state index is 13.7. The van der Waals surface area contributed by atoms with E-state index in [1.165, 1.54) is 25.4 Å². The van der Waals surface area contributed by atoms with Gasteiger partial charge in [0.1, 0.15) is 8.07 Å². The van der Waals surface area contributed by atoms with Crippen molar-refractivity contribution >= 4 is 97.9 Å². The van der Waals surface area contributed by atoms with Crippen LogP contribution in [0, 0.1) is 0 Å². The van der Waals surface area contributed by atoms with Crippen LogP contribution in [0.2, 0.25) is 39.3 Å². The lowest BCUT2D eigenvalue weighted by molar-refractivity contribution is 0.0529. The van der Waals surface area contributed by atoms with Crippen LogP contribution in [0.4, 0.5) is 0 Å². The molecule has 0 radical (unpaired) electrons. The van der Waals surface area contributed by atoms with Crippen LogP contribution in [0.25, 0.3) is 29.9 Å². The van der Waals surface area contributed by atoms with E-state index in [2.05, 4.69) is 126 Å². The second kappa shape index (κ2) is 17.3. The highest BCUT2D eigenvalue weighted by molar-refractivity contribution is 7.81. The van der Waals surface area contributed by atoms with E-state index in [0.29, 0.717) is 58.6 Å². The molecule has 0 aliphatic heterocycles. The van der Waals surface area contributed by atoms with E-state index < -0.39 is 16.1 Å². The summed E-state index contributed by atoms with van der Waals surface area (Å²) in [6.45, 7) is 34.5. The second-order valence-corrected chi connectivity index (χ2v) is 32.0. The molecule has 9 heteroatoms. The Hall–Kier alpha value is -1.47. The fourth-order valence-corrected chi connectivity index (χ4v) is 28.3. The summed E-state index contributed by atoms with van der Waals surface area (Å²) in [5.74, 6) is -0.296. The number of rotatable bonds is 17. The van der Waals surface area contributed by atoms with E-state index in [4.69, 9.17) is 21.7 Å². The number of thiocarbonyl (C=S) groups is 1. The summed E-state index contributed by atoms with van der Waals surface area (Å²) in [7, 11) is -3.40. The highest BCUT2D eigenvalue weighted by Gasteiger charge is 2.45. The third-order valence-corrected chi connectivity index (χ3v) is 31.3. The topological polar surface area (TPSA) is 35.5 Å². The number of carbonyl (C=O) groups is 1. The Morgan fingerprint density at radius 3 is 1.86 bits per heavy atom. The molecule has 4 rings (SSSR count). The molecule has 1 aromatic carbocycles. The van der Waals surface area contributed by atoms with E-state index in [1.54, 1.807) is 15.8 Å². The summed E-state index contributed by atoms with van der Waals surface area (Å²) in [6, 6.07) is 10.4. The summed E-state index contributed by atoms with van der Waals surface area (Å²) in [6.07, 6.45) is 4.41. The van der Waals surface area contributed by atoms with E-state index >= 15 is 0 Å². The van der Waals surface area contributed by atoms with Crippen molar-refractivity contribution in [3.05, 3.63) is 52.4 Å². The normalized spacial score (nSPS) is 13.3. The van der Waals surface area contributed by atoms with Gasteiger partial charge in [0.15, 0.2) is 0 Å². The van der Waals surface area contributed by atoms with Gasteiger partial charge in [-0.3, -0.25) is 0 Å². The minimum Gasteiger partial charge on any atom is -0.462 e. The number of benzene rings is 1. The Bertz CT molecular complexity index is 1810. The van der Waals surface area contributed by atoms with Gasteiger partial charge in [-0.1, -0.05) is 124 Å². The van der Waals surface area contributed by atoms with Gasteiger partial charge in [0.25, 0.3) is 0 Å². The standard InChI is InChI=1S/C42H62O3S4Si2/c1-15-44-24-33-31-22-37-32(23-36(31)48-40(33)35-19-20-38(47-35)51(28(9)10,29(11)12)30(13)14)39(42(43)45-16-2)41(49-37)34(46)18-17-21-50(25(3)4,26(5)6)27(7)8/h17-20,22-23,25-30H,15-16,21,24H2,1-14H3/b18-17-. The second-order valence-electron chi connectivity index (χ2n) is 16.0. The molecule has 0 saturated carbocycles. The lowest BCUT2D eigenvalue weighted by Crippen LogP contribution is -2.54. The van der Waals surface area contributed by atoms with Crippen LogP contribution in [0.5, 0.6) is 0 Å². The van der Waals surface area contributed by atoms with Crippen LogP contribution in [0.3, 0.4) is 0 Å². The largest absolute Gasteiger partial charge is 0.462 e. The molecule has 0 saturated heterocycles. The quantitative estimate of drug-likeness (QED) is 0.0350. The number of ether oxygens (including phenoxy) is 2. The van der Waals surface area contributed by atoms with Crippen LogP contribution in [-0.4, -0.2) is 40.2 Å². The minimum atomic E-state index is -1.78. The van der Waals surface area contributed by atoms with Crippen LogP contribution in [0.1, 0.15) is 118 Å². The predicted molar refractivity (Wildman–Crippen MR) is 239 cm³/mol. The summed E-state index contributed by atoms with van der Waals surface area (Å²) in [4.78, 5) is 17.8. The zero-order valence-electron chi connectivity index (χ0n) is 33.6. The lowest BCUT2D eigenvalue weighted by atomic mass is 10.1. The number of hydrogen-bond donors (Lipinski definition) is 0. The fourth-order valence-electron chi connectivity index (χ4n) is 9.56. The molecule has 0 bridgehead atoms. The molecule has 4 aromatic rings. The van der Waals surface area contributed by atoms with Crippen molar-refractivity contribution in [2.75, 3.05) is 13.2 Å². The average molecular weight is 799 g/mol. The van der Waals surface area contributed by atoms with Gasteiger partial charge in [-0.15, -0.1) is 34.0 Å². The lowest BCUT2D eigenvalue weighted by Gasteiger charge is -2.42. The summed E-state index contributed by atoms with van der Waals surface area (Å²) in [5.41, 5.74) is 5.83.